The van der Waals surface area contributed by atoms with Gasteiger partial charge in [0, 0.05) is 16.4 Å². The number of hydrogen-bond acceptors (Lipinski definition) is 3. The van der Waals surface area contributed by atoms with Crippen LogP contribution in [0.3, 0.4) is 0 Å². The van der Waals surface area contributed by atoms with Gasteiger partial charge in [-0.15, -0.1) is 0 Å². The van der Waals surface area contributed by atoms with E-state index in [0.717, 1.165) is 10.0 Å². The predicted molar refractivity (Wildman–Crippen MR) is 78.7 cm³/mol. The Bertz CT molecular complexity index is 566. The Morgan fingerprint density at radius 1 is 1.26 bits per heavy atom. The van der Waals surface area contributed by atoms with E-state index < -0.39 is 0 Å². The Morgan fingerprint density at radius 3 is 2.53 bits per heavy atom. The van der Waals surface area contributed by atoms with Crippen molar-refractivity contribution in [2.45, 2.75) is 13.0 Å². The molecule has 0 fully saturated rings. The highest BCUT2D eigenvalue weighted by molar-refractivity contribution is 9.10. The van der Waals surface area contributed by atoms with E-state index in [9.17, 15) is 4.79 Å². The molecule has 4 nitrogen and oxygen atoms in total. The highest BCUT2D eigenvalue weighted by Gasteiger charge is 2.12. The molecular weight excluding hydrogens is 306 g/mol. The molecule has 19 heavy (non-hydrogen) atoms. The van der Waals surface area contributed by atoms with E-state index in [4.69, 9.17) is 5.73 Å². The summed E-state index contributed by atoms with van der Waals surface area (Å²) in [5.74, 6) is -0.197. The molecule has 0 aliphatic carbocycles. The Kier molecular flexibility index (Phi) is 4.16. The molecule has 1 unspecified atom stereocenters. The summed E-state index contributed by atoms with van der Waals surface area (Å²) < 4.78 is 0.843. The van der Waals surface area contributed by atoms with Crippen LogP contribution in [-0.4, -0.2) is 10.9 Å². The Balaban J connectivity index is 2.06. The number of pyridine rings is 1. The Morgan fingerprint density at radius 2 is 1.95 bits per heavy atom. The first kappa shape index (κ1) is 13.5. The van der Waals surface area contributed by atoms with Gasteiger partial charge in [0.2, 0.25) is 0 Å². The molecule has 0 radical (unpaired) electrons. The van der Waals surface area contributed by atoms with Crippen molar-refractivity contribution in [3.8, 4) is 0 Å². The van der Waals surface area contributed by atoms with Crippen molar-refractivity contribution in [3.05, 3.63) is 58.3 Å². The van der Waals surface area contributed by atoms with E-state index in [1.165, 1.54) is 0 Å². The van der Waals surface area contributed by atoms with Gasteiger partial charge in [-0.2, -0.15) is 0 Å². The molecule has 0 spiro atoms. The number of hydrogen-bond donors (Lipinski definition) is 2. The fourth-order valence-corrected chi connectivity index (χ4v) is 1.88. The molecule has 2 rings (SSSR count). The topological polar surface area (TPSA) is 68.0 Å². The molecule has 5 heteroatoms. The van der Waals surface area contributed by atoms with Gasteiger partial charge in [0.25, 0.3) is 5.91 Å². The lowest BCUT2D eigenvalue weighted by Gasteiger charge is -2.14. The molecule has 1 atom stereocenters. The van der Waals surface area contributed by atoms with Gasteiger partial charge in [0.15, 0.2) is 0 Å². The number of aromatic nitrogens is 1. The van der Waals surface area contributed by atoms with Gasteiger partial charge in [-0.1, -0.05) is 12.1 Å². The van der Waals surface area contributed by atoms with Crippen LogP contribution >= 0.6 is 15.9 Å². The van der Waals surface area contributed by atoms with Gasteiger partial charge in [-0.25, -0.2) is 4.98 Å². The van der Waals surface area contributed by atoms with Crippen LogP contribution in [0.15, 0.2) is 47.1 Å². The Labute approximate surface area is 120 Å². The van der Waals surface area contributed by atoms with Crippen LogP contribution in [0.25, 0.3) is 0 Å². The van der Waals surface area contributed by atoms with Crippen LogP contribution in [0.1, 0.15) is 29.0 Å². The average molecular weight is 320 g/mol. The molecule has 3 N–H and O–H groups in total. The molecule has 1 amide bonds. The third-order valence-electron chi connectivity index (χ3n) is 2.74. The van der Waals surface area contributed by atoms with Crippen molar-refractivity contribution in [2.75, 3.05) is 5.73 Å². The molecule has 0 saturated heterocycles. The second kappa shape index (κ2) is 5.84. The van der Waals surface area contributed by atoms with Crippen LogP contribution in [0.4, 0.5) is 5.69 Å². The maximum absolute atomic E-state index is 12.0. The third kappa shape index (κ3) is 3.54. The number of rotatable bonds is 3. The number of amides is 1. The molecule has 2 aromatic rings. The smallest absolute Gasteiger partial charge is 0.270 e. The minimum absolute atomic E-state index is 0.0986. The summed E-state index contributed by atoms with van der Waals surface area (Å²) in [4.78, 5) is 16.1. The normalized spacial score (nSPS) is 11.9. The molecular formula is C14H14BrN3O. The number of benzene rings is 1. The number of anilines is 1. The number of halogens is 1. The summed E-state index contributed by atoms with van der Waals surface area (Å²) in [6, 6.07) is 10.8. The second-order valence-corrected chi connectivity index (χ2v) is 5.14. The number of carbonyl (C=O) groups is 1. The summed E-state index contributed by atoms with van der Waals surface area (Å²) in [7, 11) is 0. The van der Waals surface area contributed by atoms with E-state index in [2.05, 4.69) is 26.2 Å². The van der Waals surface area contributed by atoms with Crippen LogP contribution in [0, 0.1) is 0 Å². The molecule has 0 aliphatic heterocycles. The summed E-state index contributed by atoms with van der Waals surface area (Å²) in [6.07, 6.45) is 1.60. The molecule has 98 valence electrons. The quantitative estimate of drug-likeness (QED) is 0.855. The molecule has 1 heterocycles. The zero-order chi connectivity index (χ0) is 13.8. The second-order valence-electron chi connectivity index (χ2n) is 4.22. The lowest BCUT2D eigenvalue weighted by Crippen LogP contribution is -2.27. The van der Waals surface area contributed by atoms with Crippen molar-refractivity contribution in [1.29, 1.82) is 0 Å². The summed E-state index contributed by atoms with van der Waals surface area (Å²) >= 11 is 3.28. The highest BCUT2D eigenvalue weighted by Crippen LogP contribution is 2.15. The van der Waals surface area contributed by atoms with Crippen LogP contribution in [-0.2, 0) is 0 Å². The number of nitrogens with zero attached hydrogens (tertiary/aromatic N) is 1. The minimum Gasteiger partial charge on any atom is -0.399 e. The van der Waals surface area contributed by atoms with Gasteiger partial charge in [0.1, 0.15) is 5.69 Å². The zero-order valence-corrected chi connectivity index (χ0v) is 12.0. The third-order valence-corrected chi connectivity index (χ3v) is 3.21. The van der Waals surface area contributed by atoms with E-state index in [1.54, 1.807) is 18.3 Å². The van der Waals surface area contributed by atoms with E-state index in [1.807, 2.05) is 31.2 Å². The zero-order valence-electron chi connectivity index (χ0n) is 10.4. The summed E-state index contributed by atoms with van der Waals surface area (Å²) in [5, 5.41) is 2.89. The highest BCUT2D eigenvalue weighted by atomic mass is 79.9. The van der Waals surface area contributed by atoms with Crippen LogP contribution in [0.5, 0.6) is 0 Å². The standard InChI is InChI=1S/C14H14BrN3O/c1-9(10-2-5-12(16)6-3-10)18-14(19)13-7-4-11(15)8-17-13/h2-9H,16H2,1H3,(H,18,19). The molecule has 1 aromatic carbocycles. The van der Waals surface area contributed by atoms with E-state index in [-0.39, 0.29) is 11.9 Å². The van der Waals surface area contributed by atoms with E-state index >= 15 is 0 Å². The minimum atomic E-state index is -0.197. The van der Waals surface area contributed by atoms with Gasteiger partial charge < -0.3 is 11.1 Å². The number of carbonyl (C=O) groups excluding carboxylic acids is 1. The first-order chi connectivity index (χ1) is 9.06. The largest absolute Gasteiger partial charge is 0.399 e. The lowest BCUT2D eigenvalue weighted by atomic mass is 10.1. The lowest BCUT2D eigenvalue weighted by molar-refractivity contribution is 0.0935. The van der Waals surface area contributed by atoms with Crippen LogP contribution < -0.4 is 11.1 Å². The first-order valence-corrected chi connectivity index (χ1v) is 6.63. The van der Waals surface area contributed by atoms with Gasteiger partial charge in [-0.05, 0) is 52.7 Å². The molecule has 0 aliphatic rings. The monoisotopic (exact) mass is 319 g/mol. The SMILES string of the molecule is CC(NC(=O)c1ccc(Br)cn1)c1ccc(N)cc1. The van der Waals surface area contributed by atoms with Gasteiger partial charge >= 0.3 is 0 Å². The molecule has 0 bridgehead atoms. The number of nitrogens with two attached hydrogens (primary N) is 1. The fraction of sp³-hybridized carbons (Fsp3) is 0.143. The summed E-state index contributed by atoms with van der Waals surface area (Å²) in [5.41, 5.74) is 7.73. The van der Waals surface area contributed by atoms with Crippen molar-refractivity contribution >= 4 is 27.5 Å². The summed E-state index contributed by atoms with van der Waals surface area (Å²) in [6.45, 7) is 1.92. The van der Waals surface area contributed by atoms with Crippen molar-refractivity contribution in [2.24, 2.45) is 0 Å². The van der Waals surface area contributed by atoms with E-state index in [0.29, 0.717) is 11.4 Å². The maximum atomic E-state index is 12.0. The van der Waals surface area contributed by atoms with Crippen molar-refractivity contribution < 1.29 is 4.79 Å². The number of nitrogen functional groups attached to an aromatic ring is 1. The molecule has 0 saturated carbocycles. The fourth-order valence-electron chi connectivity index (χ4n) is 1.65. The van der Waals surface area contributed by atoms with Crippen LogP contribution in [0.2, 0.25) is 0 Å². The number of nitrogens with one attached hydrogen (secondary N) is 1. The van der Waals surface area contributed by atoms with Crippen molar-refractivity contribution in [3.63, 3.8) is 0 Å². The first-order valence-electron chi connectivity index (χ1n) is 5.84. The van der Waals surface area contributed by atoms with Crippen molar-refractivity contribution in [1.82, 2.24) is 10.3 Å². The van der Waals surface area contributed by atoms with Gasteiger partial charge in [-0.3, -0.25) is 4.79 Å². The molecule has 1 aromatic heterocycles. The maximum Gasteiger partial charge on any atom is 0.270 e. The average Bonchev–Trinajstić information content (AvgIpc) is 2.40. The Hall–Kier alpha value is -1.88. The predicted octanol–water partition coefficient (Wildman–Crippen LogP) is 2.92. The van der Waals surface area contributed by atoms with Gasteiger partial charge in [0.05, 0.1) is 6.04 Å².